The Labute approximate surface area is 164 Å². The first-order valence-electron chi connectivity index (χ1n) is 8.80. The number of nitrogens with zero attached hydrogens (tertiary/aromatic N) is 2. The maximum absolute atomic E-state index is 5.99. The Balaban J connectivity index is 0.00000210. The van der Waals surface area contributed by atoms with Gasteiger partial charge in [0.2, 0.25) is 5.82 Å². The minimum absolute atomic E-state index is 0. The van der Waals surface area contributed by atoms with Crippen molar-refractivity contribution in [3.05, 3.63) is 54.1 Å². The molecule has 1 fully saturated rings. The number of aromatic nitrogens is 2. The molecule has 0 amide bonds. The Morgan fingerprint density at radius 1 is 0.963 bits per heavy atom. The second-order valence-electron chi connectivity index (χ2n) is 6.28. The van der Waals surface area contributed by atoms with Gasteiger partial charge in [-0.2, -0.15) is 4.98 Å². The zero-order chi connectivity index (χ0) is 17.8. The van der Waals surface area contributed by atoms with Crippen LogP contribution in [0.15, 0.2) is 53.1 Å². The highest BCUT2D eigenvalue weighted by atomic mass is 35.5. The first-order valence-corrected chi connectivity index (χ1v) is 8.80. The topological polar surface area (TPSA) is 83.4 Å². The zero-order valence-corrected chi connectivity index (χ0v) is 15.7. The summed E-state index contributed by atoms with van der Waals surface area (Å²) < 4.78 is 16.7. The van der Waals surface area contributed by atoms with Crippen LogP contribution in [-0.4, -0.2) is 29.5 Å². The SMILES string of the molecule is Cl.NCc1ccc(-c2noc(-c3ccc(OC4CCOCC4)cc3)n2)cc1. The third kappa shape index (κ3) is 4.66. The van der Waals surface area contributed by atoms with Crippen LogP contribution in [0.4, 0.5) is 0 Å². The first kappa shape index (κ1) is 19.4. The molecule has 0 spiro atoms. The lowest BCUT2D eigenvalue weighted by Crippen LogP contribution is -2.25. The predicted octanol–water partition coefficient (Wildman–Crippen LogP) is 3.84. The summed E-state index contributed by atoms with van der Waals surface area (Å²) in [5.41, 5.74) is 8.45. The van der Waals surface area contributed by atoms with E-state index in [4.69, 9.17) is 19.7 Å². The van der Waals surface area contributed by atoms with Gasteiger partial charge in [0.15, 0.2) is 0 Å². The molecular formula is C20H22ClN3O3. The van der Waals surface area contributed by atoms with Gasteiger partial charge in [-0.25, -0.2) is 0 Å². The maximum atomic E-state index is 5.99. The van der Waals surface area contributed by atoms with Gasteiger partial charge in [0.05, 0.1) is 13.2 Å². The van der Waals surface area contributed by atoms with E-state index in [0.717, 1.165) is 48.5 Å². The molecule has 0 bridgehead atoms. The van der Waals surface area contributed by atoms with E-state index in [2.05, 4.69) is 10.1 Å². The quantitative estimate of drug-likeness (QED) is 0.716. The molecule has 0 atom stereocenters. The Morgan fingerprint density at radius 3 is 2.30 bits per heavy atom. The number of rotatable bonds is 5. The van der Waals surface area contributed by atoms with Gasteiger partial charge in [-0.05, 0) is 29.8 Å². The van der Waals surface area contributed by atoms with Crippen LogP contribution in [0.1, 0.15) is 18.4 Å². The molecule has 2 aromatic carbocycles. The molecule has 2 N–H and O–H groups in total. The largest absolute Gasteiger partial charge is 0.490 e. The lowest BCUT2D eigenvalue weighted by Gasteiger charge is -2.23. The molecule has 142 valence electrons. The summed E-state index contributed by atoms with van der Waals surface area (Å²) in [7, 11) is 0. The smallest absolute Gasteiger partial charge is 0.258 e. The number of hydrogen-bond donors (Lipinski definition) is 1. The minimum Gasteiger partial charge on any atom is -0.490 e. The fraction of sp³-hybridized carbons (Fsp3) is 0.300. The molecule has 4 rings (SSSR count). The van der Waals surface area contributed by atoms with Gasteiger partial charge in [0, 0.05) is 30.5 Å². The lowest BCUT2D eigenvalue weighted by atomic mass is 10.1. The number of nitrogens with two attached hydrogens (primary N) is 1. The van der Waals surface area contributed by atoms with Crippen molar-refractivity contribution in [1.29, 1.82) is 0 Å². The molecular weight excluding hydrogens is 366 g/mol. The highest BCUT2D eigenvalue weighted by Crippen LogP contribution is 2.25. The van der Waals surface area contributed by atoms with Crippen LogP contribution in [0, 0.1) is 0 Å². The molecule has 1 saturated heterocycles. The maximum Gasteiger partial charge on any atom is 0.258 e. The van der Waals surface area contributed by atoms with Crippen molar-refractivity contribution in [2.24, 2.45) is 5.73 Å². The van der Waals surface area contributed by atoms with Crippen LogP contribution in [0.2, 0.25) is 0 Å². The minimum atomic E-state index is 0. The van der Waals surface area contributed by atoms with Crippen molar-refractivity contribution in [3.8, 4) is 28.6 Å². The van der Waals surface area contributed by atoms with Gasteiger partial charge in [-0.3, -0.25) is 0 Å². The Bertz CT molecular complexity index is 844. The summed E-state index contributed by atoms with van der Waals surface area (Å²) in [6.45, 7) is 2.04. The van der Waals surface area contributed by atoms with Crippen molar-refractivity contribution in [3.63, 3.8) is 0 Å². The highest BCUT2D eigenvalue weighted by Gasteiger charge is 2.16. The normalized spacial score (nSPS) is 14.6. The van der Waals surface area contributed by atoms with Gasteiger partial charge in [0.25, 0.3) is 5.89 Å². The number of ether oxygens (including phenoxy) is 2. The van der Waals surface area contributed by atoms with Gasteiger partial charge in [0.1, 0.15) is 11.9 Å². The average Bonchev–Trinajstić information content (AvgIpc) is 3.20. The lowest BCUT2D eigenvalue weighted by molar-refractivity contribution is 0.0256. The third-order valence-electron chi connectivity index (χ3n) is 4.45. The van der Waals surface area contributed by atoms with E-state index in [9.17, 15) is 0 Å². The summed E-state index contributed by atoms with van der Waals surface area (Å²) in [6, 6.07) is 15.6. The fourth-order valence-corrected chi connectivity index (χ4v) is 2.91. The van der Waals surface area contributed by atoms with E-state index in [1.54, 1.807) is 0 Å². The monoisotopic (exact) mass is 387 g/mol. The van der Waals surface area contributed by atoms with Gasteiger partial charge in [-0.1, -0.05) is 29.4 Å². The van der Waals surface area contributed by atoms with Crippen molar-refractivity contribution in [1.82, 2.24) is 10.1 Å². The first-order chi connectivity index (χ1) is 12.8. The molecule has 0 saturated carbocycles. The number of benzene rings is 2. The summed E-state index contributed by atoms with van der Waals surface area (Å²) >= 11 is 0. The molecule has 0 radical (unpaired) electrons. The second kappa shape index (κ2) is 8.99. The molecule has 0 unspecified atom stereocenters. The van der Waals surface area contributed by atoms with E-state index in [0.29, 0.717) is 18.3 Å². The number of hydrogen-bond acceptors (Lipinski definition) is 6. The van der Waals surface area contributed by atoms with Crippen LogP contribution in [0.5, 0.6) is 5.75 Å². The second-order valence-corrected chi connectivity index (χ2v) is 6.28. The average molecular weight is 388 g/mol. The molecule has 3 aromatic rings. The van der Waals surface area contributed by atoms with Crippen LogP contribution in [0.25, 0.3) is 22.8 Å². The Hall–Kier alpha value is -2.41. The molecule has 6 nitrogen and oxygen atoms in total. The van der Waals surface area contributed by atoms with Crippen LogP contribution in [0.3, 0.4) is 0 Å². The molecule has 1 aliphatic rings. The summed E-state index contributed by atoms with van der Waals surface area (Å²) in [5, 5.41) is 4.07. The predicted molar refractivity (Wildman–Crippen MR) is 105 cm³/mol. The van der Waals surface area contributed by atoms with Crippen LogP contribution in [-0.2, 0) is 11.3 Å². The molecule has 1 aliphatic heterocycles. The number of halogens is 1. The molecule has 7 heteroatoms. The Kier molecular flexibility index (Phi) is 6.45. The fourth-order valence-electron chi connectivity index (χ4n) is 2.91. The Morgan fingerprint density at radius 2 is 1.63 bits per heavy atom. The van der Waals surface area contributed by atoms with E-state index in [1.165, 1.54) is 0 Å². The standard InChI is InChI=1S/C20H21N3O3.ClH/c21-13-14-1-3-15(4-2-14)19-22-20(26-23-19)16-5-7-17(8-6-16)25-18-9-11-24-12-10-18;/h1-8,18H,9-13,21H2;1H. The van der Waals surface area contributed by atoms with Gasteiger partial charge >= 0.3 is 0 Å². The van der Waals surface area contributed by atoms with Gasteiger partial charge < -0.3 is 19.7 Å². The molecule has 2 heterocycles. The van der Waals surface area contributed by atoms with Crippen molar-refractivity contribution >= 4 is 12.4 Å². The molecule has 0 aliphatic carbocycles. The van der Waals surface area contributed by atoms with Crippen molar-refractivity contribution < 1.29 is 14.0 Å². The van der Waals surface area contributed by atoms with E-state index in [1.807, 2.05) is 48.5 Å². The van der Waals surface area contributed by atoms with E-state index < -0.39 is 0 Å². The summed E-state index contributed by atoms with van der Waals surface area (Å²) in [5.74, 6) is 1.89. The molecule has 27 heavy (non-hydrogen) atoms. The molecule has 1 aromatic heterocycles. The third-order valence-corrected chi connectivity index (χ3v) is 4.45. The van der Waals surface area contributed by atoms with E-state index >= 15 is 0 Å². The van der Waals surface area contributed by atoms with Crippen molar-refractivity contribution in [2.45, 2.75) is 25.5 Å². The summed E-state index contributed by atoms with van der Waals surface area (Å²) in [6.07, 6.45) is 2.08. The van der Waals surface area contributed by atoms with Crippen LogP contribution < -0.4 is 10.5 Å². The zero-order valence-electron chi connectivity index (χ0n) is 14.8. The summed E-state index contributed by atoms with van der Waals surface area (Å²) in [4.78, 5) is 4.49. The van der Waals surface area contributed by atoms with Gasteiger partial charge in [-0.15, -0.1) is 12.4 Å². The van der Waals surface area contributed by atoms with E-state index in [-0.39, 0.29) is 18.5 Å². The van der Waals surface area contributed by atoms with Crippen molar-refractivity contribution in [2.75, 3.05) is 13.2 Å². The van der Waals surface area contributed by atoms with Crippen LogP contribution >= 0.6 is 12.4 Å². The highest BCUT2D eigenvalue weighted by molar-refractivity contribution is 5.85.